The van der Waals surface area contributed by atoms with Gasteiger partial charge in [0.1, 0.15) is 30.1 Å². The van der Waals surface area contributed by atoms with Gasteiger partial charge in [-0.3, -0.25) is 4.79 Å². The number of anilines is 1. The molecule has 2 aliphatic heterocycles. The molecule has 0 unspecified atom stereocenters. The Hall–Kier alpha value is -3.31. The predicted octanol–water partition coefficient (Wildman–Crippen LogP) is 4.48. The van der Waals surface area contributed by atoms with Crippen LogP contribution in [0, 0.1) is 17.1 Å². The number of halogens is 1. The van der Waals surface area contributed by atoms with Gasteiger partial charge in [-0.2, -0.15) is 5.26 Å². The summed E-state index contributed by atoms with van der Waals surface area (Å²) in [7, 11) is 0. The average molecular weight is 450 g/mol. The number of hydrogen-bond acceptors (Lipinski definition) is 6. The molecule has 6 nitrogen and oxygen atoms in total. The molecule has 1 aromatic heterocycles. The number of benzene rings is 2. The second kappa shape index (κ2) is 8.32. The van der Waals surface area contributed by atoms with E-state index < -0.39 is 0 Å². The van der Waals surface area contributed by atoms with E-state index in [-0.39, 0.29) is 23.5 Å². The minimum Gasteiger partial charge on any atom is -0.486 e. The molecule has 3 aromatic rings. The number of rotatable bonds is 3. The van der Waals surface area contributed by atoms with Crippen LogP contribution in [0.1, 0.15) is 24.5 Å². The monoisotopic (exact) mass is 449 g/mol. The van der Waals surface area contributed by atoms with Gasteiger partial charge in [0.05, 0.1) is 16.8 Å². The number of aryl methyl sites for hydroxylation is 1. The van der Waals surface area contributed by atoms with Crippen LogP contribution in [0.2, 0.25) is 0 Å². The minimum atomic E-state index is -0.296. The molecule has 2 aromatic carbocycles. The summed E-state index contributed by atoms with van der Waals surface area (Å²) >= 11 is 1.23. The Morgan fingerprint density at radius 2 is 2.03 bits per heavy atom. The van der Waals surface area contributed by atoms with Crippen LogP contribution < -0.4 is 14.4 Å². The van der Waals surface area contributed by atoms with E-state index in [0.29, 0.717) is 40.8 Å². The normalized spacial score (nSPS) is 17.0. The largest absolute Gasteiger partial charge is 0.486 e. The summed E-state index contributed by atoms with van der Waals surface area (Å²) in [4.78, 5) is 19.5. The zero-order valence-corrected chi connectivity index (χ0v) is 18.2. The van der Waals surface area contributed by atoms with Gasteiger partial charge in [-0.15, -0.1) is 0 Å². The van der Waals surface area contributed by atoms with Crippen molar-refractivity contribution in [2.45, 2.75) is 30.8 Å². The van der Waals surface area contributed by atoms with Crippen LogP contribution >= 0.6 is 11.8 Å². The van der Waals surface area contributed by atoms with Gasteiger partial charge in [-0.1, -0.05) is 11.8 Å². The van der Waals surface area contributed by atoms with E-state index in [1.165, 1.54) is 23.9 Å². The van der Waals surface area contributed by atoms with E-state index in [4.69, 9.17) is 9.47 Å². The summed E-state index contributed by atoms with van der Waals surface area (Å²) in [5.74, 6) is 0.996. The molecule has 8 heteroatoms. The molecule has 3 heterocycles. The number of fused-ring (bicyclic) bond motifs is 3. The van der Waals surface area contributed by atoms with Gasteiger partial charge in [-0.25, -0.2) is 9.37 Å². The molecule has 0 spiro atoms. The zero-order valence-electron chi connectivity index (χ0n) is 17.4. The lowest BCUT2D eigenvalue weighted by Gasteiger charge is -2.35. The number of thioether (sulfide) groups is 1. The summed E-state index contributed by atoms with van der Waals surface area (Å²) in [6, 6.07) is 12.1. The Kier molecular flexibility index (Phi) is 5.35. The van der Waals surface area contributed by atoms with Crippen molar-refractivity contribution < 1.29 is 18.7 Å². The lowest BCUT2D eigenvalue weighted by molar-refractivity contribution is -0.116. The van der Waals surface area contributed by atoms with Crippen molar-refractivity contribution in [1.29, 1.82) is 5.26 Å². The highest BCUT2D eigenvalue weighted by atomic mass is 32.2. The second-order valence-electron chi connectivity index (χ2n) is 7.85. The Morgan fingerprint density at radius 3 is 2.81 bits per heavy atom. The van der Waals surface area contributed by atoms with E-state index in [1.54, 1.807) is 23.1 Å². The number of nitriles is 1. The van der Waals surface area contributed by atoms with E-state index in [1.807, 2.05) is 13.0 Å². The summed E-state index contributed by atoms with van der Waals surface area (Å²) in [5.41, 5.74) is 2.68. The molecule has 5 rings (SSSR count). The first-order valence-electron chi connectivity index (χ1n) is 10.4. The summed E-state index contributed by atoms with van der Waals surface area (Å²) in [6.07, 6.45) is 1.52. The highest BCUT2D eigenvalue weighted by Crippen LogP contribution is 2.36. The van der Waals surface area contributed by atoms with Crippen LogP contribution in [-0.4, -0.2) is 35.9 Å². The van der Waals surface area contributed by atoms with Crippen molar-refractivity contribution in [2.75, 3.05) is 23.9 Å². The van der Waals surface area contributed by atoms with Gasteiger partial charge < -0.3 is 14.4 Å². The third-order valence-electron chi connectivity index (χ3n) is 5.74. The lowest BCUT2D eigenvalue weighted by atomic mass is 9.96. The smallest absolute Gasteiger partial charge is 0.237 e. The Morgan fingerprint density at radius 1 is 1.25 bits per heavy atom. The fraction of sp³-hybridized carbons (Fsp3) is 0.292. The van der Waals surface area contributed by atoms with Gasteiger partial charge >= 0.3 is 0 Å². The molecule has 0 fully saturated rings. The summed E-state index contributed by atoms with van der Waals surface area (Å²) < 4.78 is 24.9. The fourth-order valence-corrected chi connectivity index (χ4v) is 5.01. The topological polar surface area (TPSA) is 75.5 Å². The average Bonchev–Trinajstić information content (AvgIpc) is 2.80. The number of nitrogens with zero attached hydrogens (tertiary/aromatic N) is 3. The molecule has 32 heavy (non-hydrogen) atoms. The SMILES string of the molecule is C[C@@H]1CCc2cc(F)ccc2N1C(=O)CSc1nc2cc3c(cc2cc1C#N)OCCO3. The van der Waals surface area contributed by atoms with Crippen LogP contribution in [-0.2, 0) is 11.2 Å². The summed E-state index contributed by atoms with van der Waals surface area (Å²) in [5, 5.41) is 10.9. The number of amides is 1. The Balaban J connectivity index is 1.41. The number of aromatic nitrogens is 1. The van der Waals surface area contributed by atoms with E-state index >= 15 is 0 Å². The first-order chi connectivity index (χ1) is 15.5. The Labute approximate surface area is 188 Å². The van der Waals surface area contributed by atoms with Crippen LogP contribution in [0.15, 0.2) is 41.4 Å². The molecule has 0 aliphatic carbocycles. The molecule has 0 bridgehead atoms. The van der Waals surface area contributed by atoms with Gasteiger partial charge in [-0.05, 0) is 55.7 Å². The van der Waals surface area contributed by atoms with E-state index in [0.717, 1.165) is 29.5 Å². The van der Waals surface area contributed by atoms with Crippen LogP contribution in [0.5, 0.6) is 11.5 Å². The predicted molar refractivity (Wildman–Crippen MR) is 120 cm³/mol. The molecule has 0 saturated carbocycles. The fourth-order valence-electron chi connectivity index (χ4n) is 4.18. The second-order valence-corrected chi connectivity index (χ2v) is 8.82. The first-order valence-corrected chi connectivity index (χ1v) is 11.4. The lowest BCUT2D eigenvalue weighted by Crippen LogP contribution is -2.43. The van der Waals surface area contributed by atoms with Crippen LogP contribution in [0.25, 0.3) is 10.9 Å². The van der Waals surface area contributed by atoms with Gasteiger partial charge in [0, 0.05) is 23.2 Å². The third kappa shape index (κ3) is 3.73. The van der Waals surface area contributed by atoms with E-state index in [9.17, 15) is 14.4 Å². The molecule has 1 atom stereocenters. The van der Waals surface area contributed by atoms with Crippen molar-refractivity contribution in [2.24, 2.45) is 0 Å². The van der Waals surface area contributed by atoms with Crippen molar-refractivity contribution in [1.82, 2.24) is 4.98 Å². The molecule has 1 amide bonds. The maximum atomic E-state index is 13.6. The van der Waals surface area contributed by atoms with E-state index in [2.05, 4.69) is 11.1 Å². The minimum absolute atomic E-state index is 0.0183. The standard InChI is InChI=1S/C24H20FN3O3S/c1-14-2-3-15-9-18(25)4-5-20(15)28(14)23(29)13-32-24-17(12-26)8-16-10-21-22(11-19(16)27-24)31-7-6-30-21/h4-5,8-11,14H,2-3,6-7,13H2,1H3/t14-/m1/s1. The number of pyridine rings is 1. The van der Waals surface area contributed by atoms with Crippen LogP contribution in [0.4, 0.5) is 10.1 Å². The molecule has 0 N–H and O–H groups in total. The number of carbonyl (C=O) groups excluding carboxylic acids is 1. The van der Waals surface area contributed by atoms with Crippen molar-refractivity contribution >= 4 is 34.3 Å². The first kappa shape index (κ1) is 20.6. The van der Waals surface area contributed by atoms with Gasteiger partial charge in [0.15, 0.2) is 11.5 Å². The highest BCUT2D eigenvalue weighted by Gasteiger charge is 2.28. The number of ether oxygens (including phenoxy) is 2. The van der Waals surface area contributed by atoms with Gasteiger partial charge in [0.25, 0.3) is 0 Å². The van der Waals surface area contributed by atoms with Crippen molar-refractivity contribution in [3.63, 3.8) is 0 Å². The molecular weight excluding hydrogens is 429 g/mol. The highest BCUT2D eigenvalue weighted by molar-refractivity contribution is 8.00. The molecule has 2 aliphatic rings. The summed E-state index contributed by atoms with van der Waals surface area (Å²) in [6.45, 7) is 2.96. The molecule has 0 saturated heterocycles. The Bertz CT molecular complexity index is 1270. The van der Waals surface area contributed by atoms with Crippen LogP contribution in [0.3, 0.4) is 0 Å². The molecule has 0 radical (unpaired) electrons. The number of hydrogen-bond donors (Lipinski definition) is 0. The maximum absolute atomic E-state index is 13.6. The van der Waals surface area contributed by atoms with Gasteiger partial charge in [0.2, 0.25) is 5.91 Å². The van der Waals surface area contributed by atoms with Crippen molar-refractivity contribution in [3.8, 4) is 17.6 Å². The molecule has 162 valence electrons. The number of carbonyl (C=O) groups is 1. The molecular formula is C24H20FN3O3S. The van der Waals surface area contributed by atoms with Crippen molar-refractivity contribution in [3.05, 3.63) is 53.3 Å². The quantitative estimate of drug-likeness (QED) is 0.549. The third-order valence-corrected chi connectivity index (χ3v) is 6.71. The zero-order chi connectivity index (χ0) is 22.2. The maximum Gasteiger partial charge on any atom is 0.237 e.